The molecule has 11 heteroatoms. The fraction of sp³-hybridized carbons (Fsp3) is 0.238. The van der Waals surface area contributed by atoms with Crippen LogP contribution >= 0.6 is 0 Å². The first kappa shape index (κ1) is 23.3. The van der Waals surface area contributed by atoms with Gasteiger partial charge < -0.3 is 15.5 Å². The minimum Gasteiger partial charge on any atom is -0.446 e. The lowest BCUT2D eigenvalue weighted by atomic mass is 10.0. The Kier molecular flexibility index (Phi) is 6.58. The lowest BCUT2D eigenvalue weighted by molar-refractivity contribution is -0.143. The molecule has 0 aliphatic carbocycles. The van der Waals surface area contributed by atoms with Crippen LogP contribution in [0.2, 0.25) is 0 Å². The second-order valence-electron chi connectivity index (χ2n) is 6.96. The van der Waals surface area contributed by atoms with Gasteiger partial charge in [0.05, 0.1) is 17.2 Å². The van der Waals surface area contributed by atoms with E-state index in [0.29, 0.717) is 18.6 Å². The predicted octanol–water partition coefficient (Wildman–Crippen LogP) is 4.88. The molecule has 1 atom stereocenters. The van der Waals surface area contributed by atoms with Gasteiger partial charge in [-0.2, -0.15) is 26.3 Å². The number of nitrogens with one attached hydrogen (secondary N) is 1. The van der Waals surface area contributed by atoms with Gasteiger partial charge in [0.25, 0.3) is 5.91 Å². The van der Waals surface area contributed by atoms with Gasteiger partial charge in [-0.15, -0.1) is 0 Å². The van der Waals surface area contributed by atoms with Gasteiger partial charge in [-0.05, 0) is 35.7 Å². The van der Waals surface area contributed by atoms with Crippen molar-refractivity contribution >= 4 is 5.91 Å². The highest BCUT2D eigenvalue weighted by Gasteiger charge is 2.36. The third-order valence-electron chi connectivity index (χ3n) is 4.47. The minimum atomic E-state index is -4.98. The molecular formula is C21H17F6N3O2. The van der Waals surface area contributed by atoms with E-state index in [9.17, 15) is 31.1 Å². The zero-order chi connectivity index (χ0) is 23.5. The molecule has 0 saturated carbocycles. The van der Waals surface area contributed by atoms with E-state index in [0.717, 1.165) is 11.8 Å². The summed E-state index contributed by atoms with van der Waals surface area (Å²) in [6, 6.07) is 9.63. The van der Waals surface area contributed by atoms with Crippen LogP contribution in [0.25, 0.3) is 0 Å². The van der Waals surface area contributed by atoms with E-state index in [-0.39, 0.29) is 23.2 Å². The molecule has 0 aliphatic heterocycles. The summed E-state index contributed by atoms with van der Waals surface area (Å²) >= 11 is 0. The topological polar surface area (TPSA) is 81.1 Å². The van der Waals surface area contributed by atoms with Crippen LogP contribution in [0.15, 0.2) is 59.2 Å². The van der Waals surface area contributed by atoms with Gasteiger partial charge in [0, 0.05) is 6.54 Å². The zero-order valence-electron chi connectivity index (χ0n) is 16.3. The number of halogens is 6. The average Bonchev–Trinajstić information content (AvgIpc) is 3.22. The molecule has 1 unspecified atom stereocenters. The number of nitrogens with two attached hydrogens (primary N) is 1. The van der Waals surface area contributed by atoms with E-state index in [1.54, 1.807) is 0 Å². The molecule has 0 spiro atoms. The van der Waals surface area contributed by atoms with Crippen molar-refractivity contribution in [1.29, 1.82) is 0 Å². The van der Waals surface area contributed by atoms with Crippen molar-refractivity contribution in [2.45, 2.75) is 31.4 Å². The first-order chi connectivity index (χ1) is 14.9. The number of hydrogen-bond acceptors (Lipinski definition) is 4. The molecule has 5 nitrogen and oxygen atoms in total. The number of hydrogen-bond donors (Lipinski definition) is 2. The number of carbonyl (C=O) groups is 1. The number of amides is 1. The maximum absolute atomic E-state index is 12.9. The number of oxazole rings is 1. The van der Waals surface area contributed by atoms with Crippen LogP contribution in [0.4, 0.5) is 26.3 Å². The van der Waals surface area contributed by atoms with Crippen LogP contribution in [0.5, 0.6) is 0 Å². The van der Waals surface area contributed by atoms with E-state index in [4.69, 9.17) is 10.2 Å². The summed E-state index contributed by atoms with van der Waals surface area (Å²) in [5.41, 5.74) is 3.43. The van der Waals surface area contributed by atoms with Crippen LogP contribution in [-0.2, 0) is 25.3 Å². The number of alkyl halides is 6. The molecule has 0 radical (unpaired) electrons. The molecule has 1 amide bonds. The summed E-state index contributed by atoms with van der Waals surface area (Å²) in [6.07, 6.45) is -8.55. The Morgan fingerprint density at radius 1 is 0.969 bits per heavy atom. The second kappa shape index (κ2) is 9.03. The van der Waals surface area contributed by atoms with Crippen LogP contribution in [0, 0.1) is 0 Å². The molecule has 32 heavy (non-hydrogen) atoms. The minimum absolute atomic E-state index is 0.0172. The number of nitrogens with zero attached hydrogens (tertiary/aromatic N) is 1. The standard InChI is InChI=1S/C21H17F6N3O2/c22-20(23,24)14-6-13(7-15(9-14)21(25,26)27)10-29-18(31)17-11-32-19(30-17)16(28)8-12-4-2-1-3-5-12/h1-7,9,11,16H,8,10,28H2,(H,29,31). The number of aromatic nitrogens is 1. The van der Waals surface area contributed by atoms with Crippen LogP contribution < -0.4 is 11.1 Å². The number of benzene rings is 2. The van der Waals surface area contributed by atoms with Crippen molar-refractivity contribution in [3.05, 3.63) is 88.6 Å². The normalized spacial score (nSPS) is 13.1. The summed E-state index contributed by atoms with van der Waals surface area (Å²) in [5.74, 6) is -0.768. The maximum atomic E-state index is 12.9. The predicted molar refractivity (Wildman–Crippen MR) is 101 cm³/mol. The third kappa shape index (κ3) is 5.88. The van der Waals surface area contributed by atoms with Gasteiger partial charge in [-0.1, -0.05) is 30.3 Å². The molecule has 0 bridgehead atoms. The number of carbonyl (C=O) groups excluding carboxylic acids is 1. The summed E-state index contributed by atoms with van der Waals surface area (Å²) in [4.78, 5) is 16.2. The monoisotopic (exact) mass is 457 g/mol. The van der Waals surface area contributed by atoms with Gasteiger partial charge in [0.15, 0.2) is 5.69 Å². The average molecular weight is 457 g/mol. The summed E-state index contributed by atoms with van der Waals surface area (Å²) in [6.45, 7) is -0.579. The summed E-state index contributed by atoms with van der Waals surface area (Å²) in [7, 11) is 0. The van der Waals surface area contributed by atoms with E-state index in [1.807, 2.05) is 30.3 Å². The van der Waals surface area contributed by atoms with Gasteiger partial charge in [-0.3, -0.25) is 4.79 Å². The molecule has 3 N–H and O–H groups in total. The molecule has 170 valence electrons. The first-order valence-corrected chi connectivity index (χ1v) is 9.25. The highest BCUT2D eigenvalue weighted by atomic mass is 19.4. The van der Waals surface area contributed by atoms with Crippen LogP contribution in [0.1, 0.15) is 44.7 Å². The molecule has 1 heterocycles. The first-order valence-electron chi connectivity index (χ1n) is 9.25. The van der Waals surface area contributed by atoms with Crippen LogP contribution in [0.3, 0.4) is 0 Å². The molecule has 3 rings (SSSR count). The van der Waals surface area contributed by atoms with Gasteiger partial charge in [0.2, 0.25) is 5.89 Å². The fourth-order valence-corrected chi connectivity index (χ4v) is 2.91. The van der Waals surface area contributed by atoms with Gasteiger partial charge in [-0.25, -0.2) is 4.98 Å². The lowest BCUT2D eigenvalue weighted by Crippen LogP contribution is -2.24. The Hall–Kier alpha value is -3.34. The van der Waals surface area contributed by atoms with Gasteiger partial charge >= 0.3 is 12.4 Å². The van der Waals surface area contributed by atoms with Crippen molar-refractivity contribution in [2.75, 3.05) is 0 Å². The van der Waals surface area contributed by atoms with E-state index in [2.05, 4.69) is 10.3 Å². The highest BCUT2D eigenvalue weighted by molar-refractivity contribution is 5.91. The third-order valence-corrected chi connectivity index (χ3v) is 4.47. The number of rotatable bonds is 6. The molecule has 0 saturated heterocycles. The lowest BCUT2D eigenvalue weighted by Gasteiger charge is -2.14. The van der Waals surface area contributed by atoms with E-state index < -0.39 is 42.0 Å². The molecule has 2 aromatic carbocycles. The highest BCUT2D eigenvalue weighted by Crippen LogP contribution is 2.36. The van der Waals surface area contributed by atoms with Crippen molar-refractivity contribution in [3.8, 4) is 0 Å². The summed E-state index contributed by atoms with van der Waals surface area (Å²) in [5, 5.41) is 2.24. The van der Waals surface area contributed by atoms with E-state index >= 15 is 0 Å². The summed E-state index contributed by atoms with van der Waals surface area (Å²) < 4.78 is 82.9. The molecule has 0 aliphatic rings. The van der Waals surface area contributed by atoms with Crippen molar-refractivity contribution in [1.82, 2.24) is 10.3 Å². The maximum Gasteiger partial charge on any atom is 0.416 e. The quantitative estimate of drug-likeness (QED) is 0.517. The molecule has 0 fully saturated rings. The Morgan fingerprint density at radius 2 is 1.56 bits per heavy atom. The Balaban J connectivity index is 1.69. The van der Waals surface area contributed by atoms with E-state index in [1.165, 1.54) is 0 Å². The Labute approximate surface area is 178 Å². The van der Waals surface area contributed by atoms with Crippen LogP contribution in [-0.4, -0.2) is 10.9 Å². The fourth-order valence-electron chi connectivity index (χ4n) is 2.91. The SMILES string of the molecule is NC(Cc1ccccc1)c1nc(C(=O)NCc2cc(C(F)(F)F)cc(C(F)(F)F)c2)co1. The van der Waals surface area contributed by atoms with Crippen molar-refractivity contribution in [3.63, 3.8) is 0 Å². The molecule has 1 aromatic heterocycles. The molecular weight excluding hydrogens is 440 g/mol. The Bertz CT molecular complexity index is 1040. The second-order valence-corrected chi connectivity index (χ2v) is 6.96. The molecule has 3 aromatic rings. The Morgan fingerprint density at radius 3 is 2.12 bits per heavy atom. The zero-order valence-corrected chi connectivity index (χ0v) is 16.3. The van der Waals surface area contributed by atoms with Crippen molar-refractivity contribution < 1.29 is 35.6 Å². The largest absolute Gasteiger partial charge is 0.446 e. The smallest absolute Gasteiger partial charge is 0.416 e. The van der Waals surface area contributed by atoms with Gasteiger partial charge in [0.1, 0.15) is 6.26 Å². The van der Waals surface area contributed by atoms with Crippen molar-refractivity contribution in [2.24, 2.45) is 5.73 Å².